The van der Waals surface area contributed by atoms with Crippen LogP contribution in [0.2, 0.25) is 0 Å². The van der Waals surface area contributed by atoms with Gasteiger partial charge in [-0.2, -0.15) is 5.10 Å². The van der Waals surface area contributed by atoms with Crippen LogP contribution in [-0.4, -0.2) is 21.3 Å². The normalized spacial score (nSPS) is 19.4. The Kier molecular flexibility index (Phi) is 3.47. The Hall–Kier alpha value is -1.68. The van der Waals surface area contributed by atoms with Gasteiger partial charge in [0, 0.05) is 48.7 Å². The van der Waals surface area contributed by atoms with Crippen molar-refractivity contribution in [1.29, 1.82) is 0 Å². The van der Waals surface area contributed by atoms with Crippen LogP contribution >= 0.6 is 0 Å². The first-order chi connectivity index (χ1) is 10.4. The molecule has 1 aliphatic heterocycles. The van der Waals surface area contributed by atoms with E-state index >= 15 is 0 Å². The molecule has 4 rings (SSSR count). The van der Waals surface area contributed by atoms with Crippen molar-refractivity contribution >= 4 is 0 Å². The molecule has 110 valence electrons. The van der Waals surface area contributed by atoms with Gasteiger partial charge < -0.3 is 5.32 Å². The number of nitrogens with zero attached hydrogens (tertiary/aromatic N) is 3. The van der Waals surface area contributed by atoms with Gasteiger partial charge in [0.25, 0.3) is 0 Å². The van der Waals surface area contributed by atoms with E-state index in [-0.39, 0.29) is 0 Å². The molecule has 1 saturated carbocycles. The topological polar surface area (TPSA) is 42.7 Å². The van der Waals surface area contributed by atoms with E-state index in [1.54, 1.807) is 0 Å². The highest BCUT2D eigenvalue weighted by Gasteiger charge is 2.26. The lowest BCUT2D eigenvalue weighted by atomic mass is 9.95. The Morgan fingerprint density at radius 3 is 2.71 bits per heavy atom. The van der Waals surface area contributed by atoms with Crippen molar-refractivity contribution < 1.29 is 0 Å². The van der Waals surface area contributed by atoms with Crippen molar-refractivity contribution in [2.75, 3.05) is 6.54 Å². The molecule has 0 saturated heterocycles. The van der Waals surface area contributed by atoms with E-state index < -0.39 is 0 Å². The number of hydrogen-bond acceptors (Lipinski definition) is 3. The third kappa shape index (κ3) is 2.38. The first-order valence-corrected chi connectivity index (χ1v) is 8.15. The van der Waals surface area contributed by atoms with Crippen LogP contribution in [0.25, 0.3) is 11.3 Å². The molecule has 0 bridgehead atoms. The molecule has 2 aromatic heterocycles. The van der Waals surface area contributed by atoms with Crippen molar-refractivity contribution in [2.45, 2.75) is 51.1 Å². The lowest BCUT2D eigenvalue weighted by Gasteiger charge is -2.25. The van der Waals surface area contributed by atoms with Crippen LogP contribution in [0.15, 0.2) is 24.5 Å². The van der Waals surface area contributed by atoms with Crippen LogP contribution in [-0.2, 0) is 13.0 Å². The minimum atomic E-state index is 0.612. The standard InChI is InChI=1S/C17H22N4/c1-2-4-14(5-3-1)21-16-8-11-19-12-15(16)17(20-21)13-6-9-18-10-7-13/h6-7,9-10,14,19H,1-5,8,11-12H2. The SMILES string of the molecule is c1cc(-c2nn(C3CCCCC3)c3c2CNCC3)ccn1. The van der Waals surface area contributed by atoms with Crippen LogP contribution < -0.4 is 5.32 Å². The summed E-state index contributed by atoms with van der Waals surface area (Å²) in [5, 5.41) is 8.53. The summed E-state index contributed by atoms with van der Waals surface area (Å²) in [5.74, 6) is 0. The Labute approximate surface area is 125 Å². The highest BCUT2D eigenvalue weighted by atomic mass is 15.3. The fraction of sp³-hybridized carbons (Fsp3) is 0.529. The van der Waals surface area contributed by atoms with Gasteiger partial charge in [-0.05, 0) is 25.0 Å². The molecular weight excluding hydrogens is 260 g/mol. The Balaban J connectivity index is 1.79. The van der Waals surface area contributed by atoms with Crippen molar-refractivity contribution in [3.8, 4) is 11.3 Å². The predicted molar refractivity (Wildman–Crippen MR) is 83.0 cm³/mol. The minimum absolute atomic E-state index is 0.612. The van der Waals surface area contributed by atoms with Crippen LogP contribution in [0, 0.1) is 0 Å². The highest BCUT2D eigenvalue weighted by molar-refractivity contribution is 5.64. The summed E-state index contributed by atoms with van der Waals surface area (Å²) < 4.78 is 2.37. The van der Waals surface area contributed by atoms with E-state index in [9.17, 15) is 0 Å². The first kappa shape index (κ1) is 13.0. The van der Waals surface area contributed by atoms with Crippen LogP contribution in [0.5, 0.6) is 0 Å². The average molecular weight is 282 g/mol. The zero-order chi connectivity index (χ0) is 14.1. The number of rotatable bonds is 2. The second-order valence-electron chi connectivity index (χ2n) is 6.17. The van der Waals surface area contributed by atoms with Gasteiger partial charge in [-0.25, -0.2) is 0 Å². The first-order valence-electron chi connectivity index (χ1n) is 8.15. The van der Waals surface area contributed by atoms with Crippen molar-refractivity contribution in [3.63, 3.8) is 0 Å². The summed E-state index contributed by atoms with van der Waals surface area (Å²) in [7, 11) is 0. The summed E-state index contributed by atoms with van der Waals surface area (Å²) in [5.41, 5.74) is 5.22. The molecule has 2 aliphatic rings. The fourth-order valence-electron chi connectivity index (χ4n) is 3.74. The average Bonchev–Trinajstić information content (AvgIpc) is 2.96. The minimum Gasteiger partial charge on any atom is -0.312 e. The molecule has 2 aromatic rings. The molecule has 0 amide bonds. The zero-order valence-electron chi connectivity index (χ0n) is 12.4. The largest absolute Gasteiger partial charge is 0.312 e. The fourth-order valence-corrected chi connectivity index (χ4v) is 3.74. The summed E-state index contributed by atoms with van der Waals surface area (Å²) in [6.45, 7) is 2.01. The second-order valence-corrected chi connectivity index (χ2v) is 6.17. The van der Waals surface area contributed by atoms with Gasteiger partial charge in [-0.1, -0.05) is 19.3 Å². The van der Waals surface area contributed by atoms with E-state index in [0.29, 0.717) is 6.04 Å². The van der Waals surface area contributed by atoms with Gasteiger partial charge in [0.15, 0.2) is 0 Å². The van der Waals surface area contributed by atoms with Gasteiger partial charge in [-0.15, -0.1) is 0 Å². The van der Waals surface area contributed by atoms with E-state index in [1.165, 1.54) is 48.9 Å². The van der Waals surface area contributed by atoms with Crippen molar-refractivity contribution in [1.82, 2.24) is 20.1 Å². The molecule has 0 unspecified atom stereocenters. The molecule has 4 nitrogen and oxygen atoms in total. The molecular formula is C17H22N4. The Morgan fingerprint density at radius 1 is 1.10 bits per heavy atom. The van der Waals surface area contributed by atoms with Crippen LogP contribution in [0.1, 0.15) is 49.4 Å². The van der Waals surface area contributed by atoms with Crippen LogP contribution in [0.3, 0.4) is 0 Å². The molecule has 1 aliphatic carbocycles. The van der Waals surface area contributed by atoms with Gasteiger partial charge >= 0.3 is 0 Å². The van der Waals surface area contributed by atoms with Gasteiger partial charge in [0.05, 0.1) is 11.7 Å². The second kappa shape index (κ2) is 5.60. The van der Waals surface area contributed by atoms with Crippen molar-refractivity contribution in [3.05, 3.63) is 35.8 Å². The third-order valence-electron chi connectivity index (χ3n) is 4.83. The van der Waals surface area contributed by atoms with Gasteiger partial charge in [0.1, 0.15) is 0 Å². The highest BCUT2D eigenvalue weighted by Crippen LogP contribution is 2.34. The van der Waals surface area contributed by atoms with E-state index in [4.69, 9.17) is 5.10 Å². The molecule has 0 radical (unpaired) electrons. The van der Waals surface area contributed by atoms with E-state index in [2.05, 4.69) is 27.1 Å². The lowest BCUT2D eigenvalue weighted by molar-refractivity contribution is 0.320. The molecule has 1 N–H and O–H groups in total. The van der Waals surface area contributed by atoms with Crippen molar-refractivity contribution in [2.24, 2.45) is 0 Å². The predicted octanol–water partition coefficient (Wildman–Crippen LogP) is 3.10. The summed E-state index contributed by atoms with van der Waals surface area (Å²) in [6.07, 6.45) is 11.5. The van der Waals surface area contributed by atoms with Gasteiger partial charge in [-0.3, -0.25) is 9.67 Å². The lowest BCUT2D eigenvalue weighted by Crippen LogP contribution is -2.26. The third-order valence-corrected chi connectivity index (χ3v) is 4.83. The number of aromatic nitrogens is 3. The molecule has 4 heteroatoms. The van der Waals surface area contributed by atoms with E-state index in [1.807, 2.05) is 12.4 Å². The smallest absolute Gasteiger partial charge is 0.0972 e. The van der Waals surface area contributed by atoms with E-state index in [0.717, 1.165) is 25.2 Å². The molecule has 21 heavy (non-hydrogen) atoms. The summed E-state index contributed by atoms with van der Waals surface area (Å²) >= 11 is 0. The Morgan fingerprint density at radius 2 is 1.90 bits per heavy atom. The maximum absolute atomic E-state index is 5.03. The maximum Gasteiger partial charge on any atom is 0.0972 e. The molecule has 0 aromatic carbocycles. The Bertz CT molecular complexity index is 611. The number of hydrogen-bond donors (Lipinski definition) is 1. The molecule has 1 fully saturated rings. The molecule has 0 spiro atoms. The monoisotopic (exact) mass is 282 g/mol. The number of nitrogens with one attached hydrogen (secondary N) is 1. The summed E-state index contributed by atoms with van der Waals surface area (Å²) in [4.78, 5) is 4.13. The maximum atomic E-state index is 5.03. The quantitative estimate of drug-likeness (QED) is 0.920. The van der Waals surface area contributed by atoms with Crippen LogP contribution in [0.4, 0.5) is 0 Å². The summed E-state index contributed by atoms with van der Waals surface area (Å²) in [6, 6.07) is 4.76. The number of pyridine rings is 1. The van der Waals surface area contributed by atoms with Gasteiger partial charge in [0.2, 0.25) is 0 Å². The molecule has 0 atom stereocenters. The number of fused-ring (bicyclic) bond motifs is 1. The molecule has 3 heterocycles. The zero-order valence-corrected chi connectivity index (χ0v) is 12.4.